The van der Waals surface area contributed by atoms with Crippen molar-refractivity contribution in [2.45, 2.75) is 58.4 Å². The van der Waals surface area contributed by atoms with E-state index in [0.717, 1.165) is 24.4 Å². The number of nitrogens with zero attached hydrogens (tertiary/aromatic N) is 1. The molecule has 0 fully saturated rings. The zero-order valence-corrected chi connectivity index (χ0v) is 21.9. The van der Waals surface area contributed by atoms with Crippen molar-refractivity contribution in [3.8, 4) is 11.3 Å². The van der Waals surface area contributed by atoms with Crippen molar-refractivity contribution in [2.24, 2.45) is 0 Å². The number of benzene rings is 3. The van der Waals surface area contributed by atoms with Gasteiger partial charge in [0.05, 0.1) is 17.4 Å². The fourth-order valence-electron chi connectivity index (χ4n) is 5.32. The van der Waals surface area contributed by atoms with Crippen LogP contribution in [0.2, 0.25) is 0 Å². The Morgan fingerprint density at radius 1 is 0.750 bits per heavy atom. The number of pyridine rings is 1. The van der Waals surface area contributed by atoms with Gasteiger partial charge in [0.25, 0.3) is 0 Å². The Balaban J connectivity index is 1.62. The Hall–Kier alpha value is -3.59. The van der Waals surface area contributed by atoms with Gasteiger partial charge in [-0.3, -0.25) is 4.98 Å². The maximum absolute atomic E-state index is 5.27. The normalized spacial score (nSPS) is 13.8. The van der Waals surface area contributed by atoms with Crippen molar-refractivity contribution in [1.82, 2.24) is 4.98 Å². The minimum absolute atomic E-state index is 0.0592. The van der Waals surface area contributed by atoms with Crippen LogP contribution in [-0.4, -0.2) is 11.5 Å². The first-order valence-electron chi connectivity index (χ1n) is 13.3. The van der Waals surface area contributed by atoms with Gasteiger partial charge >= 0.3 is 0 Å². The molecule has 3 heteroatoms. The van der Waals surface area contributed by atoms with Gasteiger partial charge in [-0.2, -0.15) is 0 Å². The molecule has 1 aromatic heterocycles. The van der Waals surface area contributed by atoms with Gasteiger partial charge in [-0.05, 0) is 59.1 Å². The Bertz CT molecular complexity index is 1300. The number of nitrogens with one attached hydrogen (secondary N) is 2. The predicted octanol–water partition coefficient (Wildman–Crippen LogP) is 8.56. The van der Waals surface area contributed by atoms with Crippen molar-refractivity contribution in [2.75, 3.05) is 17.2 Å². The quantitative estimate of drug-likeness (QED) is 0.281. The summed E-state index contributed by atoms with van der Waals surface area (Å²) in [7, 11) is 0. The molecule has 0 saturated heterocycles. The third kappa shape index (κ3) is 4.88. The van der Waals surface area contributed by atoms with E-state index in [1.54, 1.807) is 0 Å². The van der Waals surface area contributed by atoms with Gasteiger partial charge in [0.2, 0.25) is 0 Å². The highest BCUT2D eigenvalue weighted by molar-refractivity contribution is 5.79. The maximum Gasteiger partial charge on any atom is 0.0940 e. The Morgan fingerprint density at radius 3 is 2.17 bits per heavy atom. The van der Waals surface area contributed by atoms with Crippen molar-refractivity contribution in [3.05, 3.63) is 113 Å². The van der Waals surface area contributed by atoms with E-state index in [2.05, 4.69) is 123 Å². The molecule has 0 bridgehead atoms. The average Bonchev–Trinajstić information content (AvgIpc) is 2.91. The number of anilines is 2. The first-order chi connectivity index (χ1) is 17.5. The molecule has 1 unspecified atom stereocenters. The van der Waals surface area contributed by atoms with Gasteiger partial charge in [0.1, 0.15) is 0 Å². The molecule has 0 spiro atoms. The lowest BCUT2D eigenvalue weighted by Gasteiger charge is -2.27. The Kier molecular flexibility index (Phi) is 7.09. The van der Waals surface area contributed by atoms with Crippen LogP contribution in [0.4, 0.5) is 11.4 Å². The SMILES string of the molecule is CC(C)c1cccc(C(C)C)c1NC(c1ccccc1)c1cccc(-c2cccc3c2NCCC3)n1. The van der Waals surface area contributed by atoms with E-state index >= 15 is 0 Å². The molecule has 0 saturated carbocycles. The van der Waals surface area contributed by atoms with Gasteiger partial charge in [-0.15, -0.1) is 0 Å². The molecule has 5 rings (SSSR count). The lowest BCUT2D eigenvalue weighted by Crippen LogP contribution is -2.17. The molecular weight excluding hydrogens is 438 g/mol. The molecule has 1 aliphatic heterocycles. The number of hydrogen-bond donors (Lipinski definition) is 2. The molecule has 0 aliphatic carbocycles. The molecule has 3 aromatic carbocycles. The highest BCUT2D eigenvalue weighted by Crippen LogP contribution is 2.38. The molecule has 36 heavy (non-hydrogen) atoms. The standard InChI is InChI=1S/C33H37N3/c1-22(2)26-16-9-17-27(23(3)4)33(26)36-32(25-12-6-5-7-13-25)30-20-10-19-29(35-30)28-18-8-14-24-15-11-21-34-31(24)28/h5-10,12-14,16-20,22-23,32,34,36H,11,15,21H2,1-4H3. The highest BCUT2D eigenvalue weighted by atomic mass is 15.0. The second kappa shape index (κ2) is 10.6. The topological polar surface area (TPSA) is 37.0 Å². The number of hydrogen-bond acceptors (Lipinski definition) is 3. The number of rotatable bonds is 7. The molecule has 0 radical (unpaired) electrons. The fourth-order valence-corrected chi connectivity index (χ4v) is 5.32. The molecule has 1 aliphatic rings. The average molecular weight is 476 g/mol. The first-order valence-corrected chi connectivity index (χ1v) is 13.3. The summed E-state index contributed by atoms with van der Waals surface area (Å²) in [6.07, 6.45) is 2.30. The van der Waals surface area contributed by atoms with Gasteiger partial charge in [-0.1, -0.05) is 100 Å². The van der Waals surface area contributed by atoms with E-state index < -0.39 is 0 Å². The summed E-state index contributed by atoms with van der Waals surface area (Å²) in [6, 6.07) is 30.4. The first kappa shape index (κ1) is 24.1. The molecule has 1 atom stereocenters. The lowest BCUT2D eigenvalue weighted by molar-refractivity contribution is 0.814. The van der Waals surface area contributed by atoms with Gasteiger partial charge in [0.15, 0.2) is 0 Å². The number of aryl methyl sites for hydroxylation is 1. The van der Waals surface area contributed by atoms with Crippen LogP contribution in [-0.2, 0) is 6.42 Å². The third-order valence-electron chi connectivity index (χ3n) is 7.21. The molecule has 2 N–H and O–H groups in total. The van der Waals surface area contributed by atoms with Crippen molar-refractivity contribution < 1.29 is 0 Å². The van der Waals surface area contributed by atoms with Crippen LogP contribution in [0.3, 0.4) is 0 Å². The van der Waals surface area contributed by atoms with Crippen LogP contribution in [0.5, 0.6) is 0 Å². The molecule has 3 nitrogen and oxygen atoms in total. The van der Waals surface area contributed by atoms with Crippen LogP contribution in [0.15, 0.2) is 84.9 Å². The van der Waals surface area contributed by atoms with Gasteiger partial charge in [-0.25, -0.2) is 0 Å². The van der Waals surface area contributed by atoms with Crippen LogP contribution < -0.4 is 10.6 Å². The largest absolute Gasteiger partial charge is 0.384 e. The van der Waals surface area contributed by atoms with E-state index in [-0.39, 0.29) is 6.04 Å². The smallest absolute Gasteiger partial charge is 0.0940 e. The summed E-state index contributed by atoms with van der Waals surface area (Å²) < 4.78 is 0. The second-order valence-corrected chi connectivity index (χ2v) is 10.4. The second-order valence-electron chi connectivity index (χ2n) is 10.4. The Morgan fingerprint density at radius 2 is 1.44 bits per heavy atom. The van der Waals surface area contributed by atoms with E-state index in [1.165, 1.54) is 45.6 Å². The highest BCUT2D eigenvalue weighted by Gasteiger charge is 2.22. The molecule has 0 amide bonds. The Labute approximate surface area is 216 Å². The van der Waals surface area contributed by atoms with Crippen molar-refractivity contribution in [3.63, 3.8) is 0 Å². The molecular formula is C33H37N3. The number of para-hydroxylation sites is 2. The van der Waals surface area contributed by atoms with Gasteiger partial charge < -0.3 is 10.6 Å². The number of aromatic nitrogens is 1. The summed E-state index contributed by atoms with van der Waals surface area (Å²) in [5.41, 5.74) is 11.0. The minimum Gasteiger partial charge on any atom is -0.384 e. The number of fused-ring (bicyclic) bond motifs is 1. The van der Waals surface area contributed by atoms with Crippen LogP contribution >= 0.6 is 0 Å². The zero-order valence-electron chi connectivity index (χ0n) is 21.9. The summed E-state index contributed by atoms with van der Waals surface area (Å²) in [5, 5.41) is 7.61. The van der Waals surface area contributed by atoms with E-state index in [9.17, 15) is 0 Å². The molecule has 184 valence electrons. The van der Waals surface area contributed by atoms with Crippen molar-refractivity contribution >= 4 is 11.4 Å². The zero-order chi connectivity index (χ0) is 25.1. The van der Waals surface area contributed by atoms with Crippen LogP contribution in [0.25, 0.3) is 11.3 Å². The maximum atomic E-state index is 5.27. The van der Waals surface area contributed by atoms with Crippen molar-refractivity contribution in [1.29, 1.82) is 0 Å². The van der Waals surface area contributed by atoms with Gasteiger partial charge in [0, 0.05) is 23.5 Å². The van der Waals surface area contributed by atoms with Crippen LogP contribution in [0, 0.1) is 0 Å². The monoisotopic (exact) mass is 475 g/mol. The summed E-state index contributed by atoms with van der Waals surface area (Å²) >= 11 is 0. The third-order valence-corrected chi connectivity index (χ3v) is 7.21. The van der Waals surface area contributed by atoms with Crippen LogP contribution in [0.1, 0.15) is 79.9 Å². The van der Waals surface area contributed by atoms with E-state index in [0.29, 0.717) is 11.8 Å². The molecule has 2 heterocycles. The van der Waals surface area contributed by atoms with E-state index in [1.807, 2.05) is 0 Å². The van der Waals surface area contributed by atoms with E-state index in [4.69, 9.17) is 4.98 Å². The predicted molar refractivity (Wildman–Crippen MR) is 153 cm³/mol. The summed E-state index contributed by atoms with van der Waals surface area (Å²) in [5.74, 6) is 0.840. The fraction of sp³-hybridized carbons (Fsp3) is 0.303. The summed E-state index contributed by atoms with van der Waals surface area (Å²) in [6.45, 7) is 10.1. The molecule has 4 aromatic rings. The lowest BCUT2D eigenvalue weighted by atomic mass is 9.91. The summed E-state index contributed by atoms with van der Waals surface area (Å²) in [4.78, 5) is 5.27. The minimum atomic E-state index is -0.0592.